The molecule has 22 heavy (non-hydrogen) atoms. The molecule has 0 aliphatic carbocycles. The molecule has 0 atom stereocenters. The van der Waals surface area contributed by atoms with Crippen LogP contribution in [-0.2, 0) is 37.0 Å². The molecule has 121 valence electrons. The Hall–Kier alpha value is -0.200. The van der Waals surface area contributed by atoms with Crippen molar-refractivity contribution in [3.05, 3.63) is 59.7 Å². The van der Waals surface area contributed by atoms with Gasteiger partial charge in [0.05, 0.1) is 0 Å². The molecule has 0 saturated carbocycles. The quantitative estimate of drug-likeness (QED) is 0.385. The second-order valence-electron chi connectivity index (χ2n) is 7.42. The Morgan fingerprint density at radius 2 is 1.00 bits per heavy atom. The van der Waals surface area contributed by atoms with Crippen molar-refractivity contribution in [1.82, 2.24) is 0 Å². The van der Waals surface area contributed by atoms with E-state index in [0.29, 0.717) is 10.8 Å². The van der Waals surface area contributed by atoms with Crippen molar-refractivity contribution in [1.29, 1.82) is 0 Å². The SMILES string of the molecule is CC(C)(C)c1cc[cH-]c1.CC(C)(C)c1cc[cH-]c1.C[SiH]C.[Zr+2]. The fraction of sp³-hybridized carbons (Fsp3) is 0.500. The monoisotopic (exact) mass is 391 g/mol. The number of hydrogen-bond donors (Lipinski definition) is 0. The van der Waals surface area contributed by atoms with Crippen molar-refractivity contribution in [3.8, 4) is 0 Å². The molecule has 0 aliphatic rings. The zero-order valence-corrected chi connectivity index (χ0v) is 19.3. The summed E-state index contributed by atoms with van der Waals surface area (Å²) >= 11 is 0. The molecule has 0 fully saturated rings. The van der Waals surface area contributed by atoms with Crippen LogP contribution in [0.3, 0.4) is 0 Å². The summed E-state index contributed by atoms with van der Waals surface area (Å²) in [5, 5.41) is 0. The first kappa shape index (κ1) is 24.1. The van der Waals surface area contributed by atoms with Crippen molar-refractivity contribution in [3.63, 3.8) is 0 Å². The van der Waals surface area contributed by atoms with Gasteiger partial charge in [0.2, 0.25) is 0 Å². The second-order valence-corrected chi connectivity index (χ2v) is 8.58. The molecule has 0 unspecified atom stereocenters. The van der Waals surface area contributed by atoms with Gasteiger partial charge in [-0.15, -0.1) is 0 Å². The summed E-state index contributed by atoms with van der Waals surface area (Å²) in [6.45, 7) is 17.8. The van der Waals surface area contributed by atoms with Gasteiger partial charge in [0.1, 0.15) is 0 Å². The molecule has 0 saturated heterocycles. The van der Waals surface area contributed by atoms with Crippen LogP contribution in [0, 0.1) is 0 Å². The Balaban J connectivity index is 0. The first-order valence-corrected chi connectivity index (χ1v) is 10.1. The van der Waals surface area contributed by atoms with E-state index in [-0.39, 0.29) is 26.2 Å². The Bertz CT molecular complexity index is 395. The molecule has 2 heteroatoms. The van der Waals surface area contributed by atoms with Crippen molar-refractivity contribution >= 4 is 9.52 Å². The molecule has 0 aliphatic heterocycles. The maximum atomic E-state index is 2.22. The Morgan fingerprint density at radius 3 is 1.09 bits per heavy atom. The van der Waals surface area contributed by atoms with Crippen molar-refractivity contribution < 1.29 is 26.2 Å². The number of hydrogen-bond acceptors (Lipinski definition) is 0. The zero-order valence-electron chi connectivity index (χ0n) is 15.7. The molecular weight excluding hydrogens is 360 g/mol. The van der Waals surface area contributed by atoms with Crippen molar-refractivity contribution in [2.75, 3.05) is 0 Å². The van der Waals surface area contributed by atoms with E-state index in [2.05, 4.69) is 103 Å². The summed E-state index contributed by atoms with van der Waals surface area (Å²) < 4.78 is 0. The minimum atomic E-state index is 0. The van der Waals surface area contributed by atoms with Crippen LogP contribution in [-0.4, -0.2) is 9.52 Å². The van der Waals surface area contributed by atoms with E-state index < -0.39 is 0 Å². The molecule has 2 rings (SSSR count). The largest absolute Gasteiger partial charge is 2.00 e. The standard InChI is InChI=1S/2C9H13.C2H7Si.Zr/c2*1-9(2,3)8-6-4-5-7-8;1-3-2;/h2*4-7H,1-3H3;3H,1-2H3;/q2*-1;;+2. The van der Waals surface area contributed by atoms with Crippen LogP contribution in [0.1, 0.15) is 52.7 Å². The van der Waals surface area contributed by atoms with Gasteiger partial charge in [-0.3, -0.25) is 0 Å². The number of rotatable bonds is 0. The molecule has 2 aromatic carbocycles. The zero-order chi connectivity index (χ0) is 16.5. The summed E-state index contributed by atoms with van der Waals surface area (Å²) in [7, 11) is 0.750. The fourth-order valence-electron chi connectivity index (χ4n) is 1.75. The van der Waals surface area contributed by atoms with Crippen LogP contribution >= 0.6 is 0 Å². The molecule has 0 amide bonds. The molecule has 0 bridgehead atoms. The van der Waals surface area contributed by atoms with Gasteiger partial charge < -0.3 is 0 Å². The Labute approximate surface area is 160 Å². The maximum Gasteiger partial charge on any atom is 2.00 e. The van der Waals surface area contributed by atoms with Crippen LogP contribution in [0.4, 0.5) is 0 Å². The van der Waals surface area contributed by atoms with Gasteiger partial charge in [-0.2, -0.15) is 47.5 Å². The smallest absolute Gasteiger partial charge is 0.210 e. The predicted molar refractivity (Wildman–Crippen MR) is 100 cm³/mol. The molecule has 0 heterocycles. The van der Waals surface area contributed by atoms with E-state index in [9.17, 15) is 0 Å². The summed E-state index contributed by atoms with van der Waals surface area (Å²) in [5.41, 5.74) is 3.48. The van der Waals surface area contributed by atoms with Crippen molar-refractivity contribution in [2.24, 2.45) is 0 Å². The van der Waals surface area contributed by atoms with Gasteiger partial charge in [0.25, 0.3) is 0 Å². The molecule has 1 radical (unpaired) electrons. The van der Waals surface area contributed by atoms with Crippen LogP contribution in [0.2, 0.25) is 13.1 Å². The Morgan fingerprint density at radius 1 is 0.727 bits per heavy atom. The first-order valence-electron chi connectivity index (χ1n) is 7.81. The van der Waals surface area contributed by atoms with E-state index in [1.54, 1.807) is 0 Å². The van der Waals surface area contributed by atoms with E-state index in [1.807, 2.05) is 0 Å². The van der Waals surface area contributed by atoms with Crippen LogP contribution < -0.4 is 0 Å². The Kier molecular flexibility index (Phi) is 12.4. The molecule has 0 aromatic heterocycles. The average molecular weight is 393 g/mol. The third-order valence-corrected chi connectivity index (χ3v) is 3.06. The van der Waals surface area contributed by atoms with Gasteiger partial charge >= 0.3 is 26.2 Å². The molecule has 0 N–H and O–H groups in total. The fourth-order valence-corrected chi connectivity index (χ4v) is 1.75. The predicted octanol–water partition coefficient (Wildman–Crippen LogP) is 5.92. The molecule has 0 spiro atoms. The van der Waals surface area contributed by atoms with Gasteiger partial charge in [-0.25, -0.2) is 12.1 Å². The average Bonchev–Trinajstić information content (AvgIpc) is 3.03. The van der Waals surface area contributed by atoms with Gasteiger partial charge in [0.15, 0.2) is 0 Å². The molecule has 0 nitrogen and oxygen atoms in total. The maximum absolute atomic E-state index is 2.22. The van der Waals surface area contributed by atoms with E-state index >= 15 is 0 Å². The van der Waals surface area contributed by atoms with Crippen LogP contribution in [0.5, 0.6) is 0 Å². The van der Waals surface area contributed by atoms with Crippen LogP contribution in [0.15, 0.2) is 48.5 Å². The van der Waals surface area contributed by atoms with E-state index in [1.165, 1.54) is 11.1 Å². The minimum Gasteiger partial charge on any atom is -0.210 e. The van der Waals surface area contributed by atoms with Gasteiger partial charge in [-0.05, 0) is 0 Å². The second kappa shape index (κ2) is 11.4. The van der Waals surface area contributed by atoms with Gasteiger partial charge in [0, 0.05) is 9.52 Å². The molecule has 2 aromatic rings. The molecular formula is C20H33SiZr. The topological polar surface area (TPSA) is 0 Å². The third-order valence-electron chi connectivity index (χ3n) is 3.06. The summed E-state index contributed by atoms with van der Waals surface area (Å²) in [4.78, 5) is 0. The summed E-state index contributed by atoms with van der Waals surface area (Å²) in [5.74, 6) is 0. The van der Waals surface area contributed by atoms with Gasteiger partial charge in [-0.1, -0.05) is 65.5 Å². The third kappa shape index (κ3) is 10.5. The first-order chi connectivity index (χ1) is 9.62. The summed E-state index contributed by atoms with van der Waals surface area (Å²) in [6, 6.07) is 17.0. The van der Waals surface area contributed by atoms with E-state index in [4.69, 9.17) is 0 Å². The minimum absolute atomic E-state index is 0. The van der Waals surface area contributed by atoms with Crippen LogP contribution in [0.25, 0.3) is 0 Å². The normalized spacial score (nSPS) is 10.5. The van der Waals surface area contributed by atoms with E-state index in [0.717, 1.165) is 9.52 Å². The van der Waals surface area contributed by atoms with Crippen molar-refractivity contribution in [2.45, 2.75) is 65.5 Å². The summed E-state index contributed by atoms with van der Waals surface area (Å²) in [6.07, 6.45) is 0.